The van der Waals surface area contributed by atoms with E-state index in [9.17, 15) is 5.11 Å². The summed E-state index contributed by atoms with van der Waals surface area (Å²) in [6, 6.07) is 28.7. The SMILES string of the molecule is CC(C)(O)c1cc2ccccc2cc1-c1ccc(Cl)cc1-c1ccccc1. The van der Waals surface area contributed by atoms with Crippen LogP contribution in [0, 0.1) is 0 Å². The van der Waals surface area contributed by atoms with Gasteiger partial charge in [-0.3, -0.25) is 0 Å². The van der Waals surface area contributed by atoms with Crippen molar-refractivity contribution in [1.29, 1.82) is 0 Å². The number of rotatable bonds is 3. The highest BCUT2D eigenvalue weighted by molar-refractivity contribution is 6.31. The summed E-state index contributed by atoms with van der Waals surface area (Å²) in [7, 11) is 0. The molecule has 0 saturated heterocycles. The van der Waals surface area contributed by atoms with Crippen LogP contribution in [0.2, 0.25) is 5.02 Å². The zero-order valence-corrected chi connectivity index (χ0v) is 16.2. The van der Waals surface area contributed by atoms with Crippen LogP contribution in [0.4, 0.5) is 0 Å². The molecule has 0 aliphatic heterocycles. The lowest BCUT2D eigenvalue weighted by Crippen LogP contribution is -2.17. The van der Waals surface area contributed by atoms with Gasteiger partial charge in [0, 0.05) is 5.02 Å². The molecule has 0 bridgehead atoms. The van der Waals surface area contributed by atoms with Gasteiger partial charge in [-0.05, 0) is 76.7 Å². The lowest BCUT2D eigenvalue weighted by molar-refractivity contribution is 0.0793. The second-order valence-corrected chi connectivity index (χ2v) is 7.80. The molecule has 0 aliphatic carbocycles. The molecule has 4 rings (SSSR count). The lowest BCUT2D eigenvalue weighted by atomic mass is 9.84. The van der Waals surface area contributed by atoms with Gasteiger partial charge in [-0.2, -0.15) is 0 Å². The van der Waals surface area contributed by atoms with Crippen LogP contribution in [0.25, 0.3) is 33.0 Å². The Morgan fingerprint density at radius 3 is 1.96 bits per heavy atom. The number of benzene rings is 4. The zero-order chi connectivity index (χ0) is 19.0. The number of hydrogen-bond donors (Lipinski definition) is 1. The number of halogens is 1. The van der Waals surface area contributed by atoms with Gasteiger partial charge in [0.15, 0.2) is 0 Å². The molecule has 0 amide bonds. The van der Waals surface area contributed by atoms with Crippen LogP contribution in [0.1, 0.15) is 19.4 Å². The van der Waals surface area contributed by atoms with Crippen molar-refractivity contribution >= 4 is 22.4 Å². The van der Waals surface area contributed by atoms with Gasteiger partial charge in [0.05, 0.1) is 5.60 Å². The summed E-state index contributed by atoms with van der Waals surface area (Å²) < 4.78 is 0. The molecule has 0 fully saturated rings. The van der Waals surface area contributed by atoms with Gasteiger partial charge in [0.1, 0.15) is 0 Å². The second kappa shape index (κ2) is 6.84. The van der Waals surface area contributed by atoms with Crippen LogP contribution >= 0.6 is 11.6 Å². The first-order valence-electron chi connectivity index (χ1n) is 9.04. The molecule has 1 nitrogen and oxygen atoms in total. The summed E-state index contributed by atoms with van der Waals surface area (Å²) in [5.41, 5.74) is 4.19. The van der Waals surface area contributed by atoms with E-state index in [-0.39, 0.29) is 0 Å². The maximum atomic E-state index is 10.9. The molecule has 1 N–H and O–H groups in total. The van der Waals surface area contributed by atoms with E-state index in [0.29, 0.717) is 5.02 Å². The Bertz CT molecular complexity index is 1110. The highest BCUT2D eigenvalue weighted by Gasteiger charge is 2.23. The van der Waals surface area contributed by atoms with Gasteiger partial charge in [-0.1, -0.05) is 72.3 Å². The summed E-state index contributed by atoms with van der Waals surface area (Å²) >= 11 is 6.33. The largest absolute Gasteiger partial charge is 0.386 e. The Morgan fingerprint density at radius 2 is 1.30 bits per heavy atom. The van der Waals surface area contributed by atoms with E-state index in [1.165, 1.54) is 0 Å². The molecule has 4 aromatic rings. The van der Waals surface area contributed by atoms with E-state index >= 15 is 0 Å². The lowest BCUT2D eigenvalue weighted by Gasteiger charge is -2.24. The van der Waals surface area contributed by atoms with Crippen LogP contribution in [0.5, 0.6) is 0 Å². The average molecular weight is 373 g/mol. The maximum absolute atomic E-state index is 10.9. The Morgan fingerprint density at radius 1 is 0.667 bits per heavy atom. The summed E-state index contributed by atoms with van der Waals surface area (Å²) in [6.07, 6.45) is 0. The average Bonchev–Trinajstić information content (AvgIpc) is 2.67. The number of aliphatic hydroxyl groups is 1. The highest BCUT2D eigenvalue weighted by atomic mass is 35.5. The van der Waals surface area contributed by atoms with E-state index < -0.39 is 5.60 Å². The fraction of sp³-hybridized carbons (Fsp3) is 0.120. The minimum absolute atomic E-state index is 0.697. The highest BCUT2D eigenvalue weighted by Crippen LogP contribution is 2.40. The summed E-state index contributed by atoms with van der Waals surface area (Å²) in [5.74, 6) is 0. The van der Waals surface area contributed by atoms with Gasteiger partial charge < -0.3 is 5.11 Å². The molecule has 2 heteroatoms. The van der Waals surface area contributed by atoms with E-state index in [2.05, 4.69) is 36.4 Å². The Hall–Kier alpha value is -2.61. The molecule has 27 heavy (non-hydrogen) atoms. The van der Waals surface area contributed by atoms with Crippen LogP contribution in [0.15, 0.2) is 84.9 Å². The second-order valence-electron chi connectivity index (χ2n) is 7.36. The van der Waals surface area contributed by atoms with Gasteiger partial charge in [-0.15, -0.1) is 0 Å². The Kier molecular flexibility index (Phi) is 4.51. The third-order valence-corrected chi connectivity index (χ3v) is 5.14. The third kappa shape index (κ3) is 3.49. The predicted molar refractivity (Wildman–Crippen MR) is 115 cm³/mol. The minimum atomic E-state index is -0.965. The fourth-order valence-electron chi connectivity index (χ4n) is 3.58. The van der Waals surface area contributed by atoms with Crippen molar-refractivity contribution < 1.29 is 5.11 Å². The van der Waals surface area contributed by atoms with E-state index in [0.717, 1.165) is 38.6 Å². The first-order valence-corrected chi connectivity index (χ1v) is 9.42. The van der Waals surface area contributed by atoms with Crippen molar-refractivity contribution in [3.8, 4) is 22.3 Å². The van der Waals surface area contributed by atoms with E-state index in [1.807, 2.05) is 62.4 Å². The van der Waals surface area contributed by atoms with Crippen LogP contribution in [-0.4, -0.2) is 5.11 Å². The molecule has 0 atom stereocenters. The normalized spacial score (nSPS) is 11.7. The summed E-state index contributed by atoms with van der Waals surface area (Å²) in [5, 5.41) is 13.8. The van der Waals surface area contributed by atoms with E-state index in [1.54, 1.807) is 0 Å². The molecule has 0 spiro atoms. The summed E-state index contributed by atoms with van der Waals surface area (Å²) in [6.45, 7) is 3.66. The van der Waals surface area contributed by atoms with Crippen LogP contribution in [-0.2, 0) is 5.60 Å². The zero-order valence-electron chi connectivity index (χ0n) is 15.4. The fourth-order valence-corrected chi connectivity index (χ4v) is 3.75. The molecular formula is C25H21ClO. The molecule has 0 saturated carbocycles. The first kappa shape index (κ1) is 17.8. The first-order chi connectivity index (χ1) is 12.9. The van der Waals surface area contributed by atoms with Crippen molar-refractivity contribution in [2.24, 2.45) is 0 Å². The van der Waals surface area contributed by atoms with Gasteiger partial charge in [-0.25, -0.2) is 0 Å². The number of hydrogen-bond acceptors (Lipinski definition) is 1. The Labute approximate surface area is 164 Å². The number of fused-ring (bicyclic) bond motifs is 1. The smallest absolute Gasteiger partial charge is 0.0846 e. The molecule has 4 aromatic carbocycles. The molecule has 134 valence electrons. The molecule has 0 unspecified atom stereocenters. The maximum Gasteiger partial charge on any atom is 0.0846 e. The van der Waals surface area contributed by atoms with Crippen molar-refractivity contribution in [3.63, 3.8) is 0 Å². The van der Waals surface area contributed by atoms with Gasteiger partial charge in [0.2, 0.25) is 0 Å². The quantitative estimate of drug-likeness (QED) is 0.408. The van der Waals surface area contributed by atoms with Crippen molar-refractivity contribution in [2.75, 3.05) is 0 Å². The Balaban J connectivity index is 2.06. The van der Waals surface area contributed by atoms with Crippen LogP contribution in [0.3, 0.4) is 0 Å². The van der Waals surface area contributed by atoms with Crippen LogP contribution < -0.4 is 0 Å². The predicted octanol–water partition coefficient (Wildman–Crippen LogP) is 7.05. The molecular weight excluding hydrogens is 352 g/mol. The monoisotopic (exact) mass is 372 g/mol. The third-order valence-electron chi connectivity index (χ3n) is 4.90. The topological polar surface area (TPSA) is 20.2 Å². The summed E-state index contributed by atoms with van der Waals surface area (Å²) in [4.78, 5) is 0. The van der Waals surface area contributed by atoms with Crippen molar-refractivity contribution in [1.82, 2.24) is 0 Å². The molecule has 0 heterocycles. The molecule has 0 aromatic heterocycles. The van der Waals surface area contributed by atoms with E-state index in [4.69, 9.17) is 11.6 Å². The van der Waals surface area contributed by atoms with Gasteiger partial charge >= 0.3 is 0 Å². The van der Waals surface area contributed by atoms with Gasteiger partial charge in [0.25, 0.3) is 0 Å². The molecule has 0 aliphatic rings. The van der Waals surface area contributed by atoms with Crippen molar-refractivity contribution in [3.05, 3.63) is 95.5 Å². The minimum Gasteiger partial charge on any atom is -0.386 e. The van der Waals surface area contributed by atoms with Crippen molar-refractivity contribution in [2.45, 2.75) is 19.4 Å². The molecule has 0 radical (unpaired) electrons. The standard InChI is InChI=1S/C25H21ClO/c1-25(2,27)24-15-19-11-7-6-10-18(19)14-23(24)21-13-12-20(26)16-22(21)17-8-4-3-5-9-17/h3-16,27H,1-2H3.